The van der Waals surface area contributed by atoms with Gasteiger partial charge >= 0.3 is 6.36 Å². The van der Waals surface area contributed by atoms with Crippen molar-refractivity contribution in [3.8, 4) is 5.75 Å². The smallest absolute Gasteiger partial charge is 0.404 e. The average molecular weight is 254 g/mol. The zero-order chi connectivity index (χ0) is 12.6. The number of hydrogen-bond acceptors (Lipinski definition) is 2. The maximum absolute atomic E-state index is 12.0. The van der Waals surface area contributed by atoms with Gasteiger partial charge < -0.3 is 10.5 Å². The van der Waals surface area contributed by atoms with Crippen molar-refractivity contribution >= 4 is 11.6 Å². The third kappa shape index (κ3) is 3.57. The summed E-state index contributed by atoms with van der Waals surface area (Å²) in [6.45, 7) is 3.45. The summed E-state index contributed by atoms with van der Waals surface area (Å²) in [6.07, 6.45) is -4.75. The molecule has 0 radical (unpaired) electrons. The minimum absolute atomic E-state index is 0.117. The molecule has 90 valence electrons. The van der Waals surface area contributed by atoms with Crippen molar-refractivity contribution in [2.75, 3.05) is 0 Å². The Morgan fingerprint density at radius 2 is 1.81 bits per heavy atom. The van der Waals surface area contributed by atoms with Gasteiger partial charge in [0.1, 0.15) is 5.75 Å². The van der Waals surface area contributed by atoms with Gasteiger partial charge in [0.2, 0.25) is 0 Å². The Kier molecular flexibility index (Phi) is 3.40. The van der Waals surface area contributed by atoms with E-state index < -0.39 is 17.7 Å². The lowest BCUT2D eigenvalue weighted by molar-refractivity contribution is -0.274. The third-order valence-corrected chi connectivity index (χ3v) is 2.20. The van der Waals surface area contributed by atoms with E-state index in [1.165, 1.54) is 12.1 Å². The van der Waals surface area contributed by atoms with E-state index in [0.29, 0.717) is 5.56 Å². The molecule has 0 aromatic heterocycles. The Morgan fingerprint density at radius 1 is 1.25 bits per heavy atom. The van der Waals surface area contributed by atoms with E-state index >= 15 is 0 Å². The van der Waals surface area contributed by atoms with E-state index in [1.807, 2.05) is 0 Å². The topological polar surface area (TPSA) is 35.2 Å². The zero-order valence-corrected chi connectivity index (χ0v) is 9.49. The number of ether oxygens (including phenoxy) is 1. The van der Waals surface area contributed by atoms with Gasteiger partial charge in [-0.3, -0.25) is 0 Å². The molecule has 0 fully saturated rings. The molecule has 2 N–H and O–H groups in total. The molecular formula is C10H11ClF3NO. The standard InChI is InChI=1S/C10H11ClF3NO/c1-9(2,15)6-3-4-8(7(11)5-6)16-10(12,13)14/h3-5H,15H2,1-2H3. The number of nitrogens with two attached hydrogens (primary N) is 1. The van der Waals surface area contributed by atoms with Gasteiger partial charge in [-0.15, -0.1) is 13.2 Å². The van der Waals surface area contributed by atoms with Crippen LogP contribution in [-0.4, -0.2) is 6.36 Å². The highest BCUT2D eigenvalue weighted by Crippen LogP contribution is 2.32. The molecule has 1 aromatic rings. The summed E-state index contributed by atoms with van der Waals surface area (Å²) in [4.78, 5) is 0. The van der Waals surface area contributed by atoms with Crippen LogP contribution in [0.1, 0.15) is 19.4 Å². The Morgan fingerprint density at radius 3 is 2.19 bits per heavy atom. The quantitative estimate of drug-likeness (QED) is 0.876. The lowest BCUT2D eigenvalue weighted by atomic mass is 9.96. The molecule has 0 atom stereocenters. The van der Waals surface area contributed by atoms with Crippen LogP contribution in [0.5, 0.6) is 5.75 Å². The van der Waals surface area contributed by atoms with Crippen molar-refractivity contribution in [2.24, 2.45) is 5.73 Å². The molecule has 1 aromatic carbocycles. The van der Waals surface area contributed by atoms with Crippen LogP contribution < -0.4 is 10.5 Å². The second-order valence-electron chi connectivity index (χ2n) is 3.91. The summed E-state index contributed by atoms with van der Waals surface area (Å²) < 4.78 is 39.6. The van der Waals surface area contributed by atoms with Crippen molar-refractivity contribution in [3.63, 3.8) is 0 Å². The molecule has 0 saturated heterocycles. The first-order valence-corrected chi connectivity index (χ1v) is 4.82. The van der Waals surface area contributed by atoms with Crippen molar-refractivity contribution in [2.45, 2.75) is 25.7 Å². The zero-order valence-electron chi connectivity index (χ0n) is 8.73. The van der Waals surface area contributed by atoms with Gasteiger partial charge in [-0.2, -0.15) is 0 Å². The Labute approximate surface area is 96.1 Å². The summed E-state index contributed by atoms with van der Waals surface area (Å²) in [5, 5.41) is -0.117. The molecule has 0 unspecified atom stereocenters. The fourth-order valence-corrected chi connectivity index (χ4v) is 1.33. The Bertz CT molecular complexity index is 385. The molecule has 2 nitrogen and oxygen atoms in total. The summed E-state index contributed by atoms with van der Waals surface area (Å²) in [6, 6.07) is 3.97. The first kappa shape index (κ1) is 13.1. The molecular weight excluding hydrogens is 243 g/mol. The molecule has 0 spiro atoms. The van der Waals surface area contributed by atoms with Crippen LogP contribution in [0.15, 0.2) is 18.2 Å². The predicted octanol–water partition coefficient (Wildman–Crippen LogP) is 3.43. The van der Waals surface area contributed by atoms with Gasteiger partial charge in [-0.05, 0) is 31.5 Å². The number of alkyl halides is 3. The predicted molar refractivity (Wildman–Crippen MR) is 55.3 cm³/mol. The van der Waals surface area contributed by atoms with Gasteiger partial charge in [-0.25, -0.2) is 0 Å². The lowest BCUT2D eigenvalue weighted by Crippen LogP contribution is -2.28. The Hall–Kier alpha value is -0.940. The van der Waals surface area contributed by atoms with Gasteiger partial charge in [-0.1, -0.05) is 17.7 Å². The second kappa shape index (κ2) is 4.14. The van der Waals surface area contributed by atoms with E-state index in [2.05, 4.69) is 4.74 Å². The molecule has 6 heteroatoms. The maximum Gasteiger partial charge on any atom is 0.573 e. The average Bonchev–Trinajstić information content (AvgIpc) is 2.04. The highest BCUT2D eigenvalue weighted by molar-refractivity contribution is 6.32. The van der Waals surface area contributed by atoms with Crippen LogP contribution in [-0.2, 0) is 5.54 Å². The van der Waals surface area contributed by atoms with Crippen LogP contribution in [0.25, 0.3) is 0 Å². The second-order valence-corrected chi connectivity index (χ2v) is 4.32. The van der Waals surface area contributed by atoms with Crippen molar-refractivity contribution in [3.05, 3.63) is 28.8 Å². The fourth-order valence-electron chi connectivity index (χ4n) is 1.11. The van der Waals surface area contributed by atoms with Crippen LogP contribution in [0, 0.1) is 0 Å². The van der Waals surface area contributed by atoms with Crippen LogP contribution in [0.2, 0.25) is 5.02 Å². The van der Waals surface area contributed by atoms with Gasteiger partial charge in [0.15, 0.2) is 0 Å². The third-order valence-electron chi connectivity index (χ3n) is 1.90. The summed E-state index contributed by atoms with van der Waals surface area (Å²) >= 11 is 5.66. The van der Waals surface area contributed by atoms with Crippen molar-refractivity contribution < 1.29 is 17.9 Å². The SMILES string of the molecule is CC(C)(N)c1ccc(OC(F)(F)F)c(Cl)c1. The first-order valence-electron chi connectivity index (χ1n) is 4.44. The van der Waals surface area contributed by atoms with Gasteiger partial charge in [0.05, 0.1) is 5.02 Å². The molecule has 0 aliphatic rings. The fraction of sp³-hybridized carbons (Fsp3) is 0.400. The number of rotatable bonds is 2. The molecule has 0 aliphatic heterocycles. The Balaban J connectivity index is 3.01. The van der Waals surface area contributed by atoms with Crippen molar-refractivity contribution in [1.29, 1.82) is 0 Å². The normalized spacial score (nSPS) is 12.7. The number of hydrogen-bond donors (Lipinski definition) is 1. The first-order chi connectivity index (χ1) is 7.09. The highest BCUT2D eigenvalue weighted by Gasteiger charge is 2.32. The van der Waals surface area contributed by atoms with E-state index in [9.17, 15) is 13.2 Å². The number of benzene rings is 1. The molecule has 0 aliphatic carbocycles. The summed E-state index contributed by atoms with van der Waals surface area (Å²) in [7, 11) is 0. The van der Waals surface area contributed by atoms with Crippen LogP contribution >= 0.6 is 11.6 Å². The molecule has 1 rings (SSSR count). The molecule has 0 amide bonds. The molecule has 0 heterocycles. The largest absolute Gasteiger partial charge is 0.573 e. The molecule has 0 saturated carbocycles. The molecule has 0 bridgehead atoms. The minimum Gasteiger partial charge on any atom is -0.404 e. The summed E-state index contributed by atoms with van der Waals surface area (Å²) in [5.74, 6) is -0.429. The lowest BCUT2D eigenvalue weighted by Gasteiger charge is -2.20. The van der Waals surface area contributed by atoms with E-state index in [0.717, 1.165) is 6.07 Å². The monoisotopic (exact) mass is 253 g/mol. The van der Waals surface area contributed by atoms with E-state index in [-0.39, 0.29) is 5.02 Å². The minimum atomic E-state index is -4.75. The van der Waals surface area contributed by atoms with Gasteiger partial charge in [0, 0.05) is 5.54 Å². The summed E-state index contributed by atoms with van der Waals surface area (Å²) in [5.41, 5.74) is 5.75. The number of halogens is 4. The van der Waals surface area contributed by atoms with Crippen molar-refractivity contribution in [1.82, 2.24) is 0 Å². The van der Waals surface area contributed by atoms with Crippen LogP contribution in [0.4, 0.5) is 13.2 Å². The highest BCUT2D eigenvalue weighted by atomic mass is 35.5. The molecule has 16 heavy (non-hydrogen) atoms. The maximum atomic E-state index is 12.0. The van der Waals surface area contributed by atoms with Crippen LogP contribution in [0.3, 0.4) is 0 Å². The van der Waals surface area contributed by atoms with E-state index in [1.54, 1.807) is 13.8 Å². The van der Waals surface area contributed by atoms with E-state index in [4.69, 9.17) is 17.3 Å². The van der Waals surface area contributed by atoms with Gasteiger partial charge in [0.25, 0.3) is 0 Å².